The van der Waals surface area contributed by atoms with Gasteiger partial charge in [-0.25, -0.2) is 8.78 Å². The highest BCUT2D eigenvalue weighted by Crippen LogP contribution is 2.45. The molecule has 2 saturated carbocycles. The normalized spacial score (nSPS) is 25.6. The van der Waals surface area contributed by atoms with Gasteiger partial charge in [-0.15, -0.1) is 0 Å². The Hall–Kier alpha value is -2.25. The van der Waals surface area contributed by atoms with Crippen molar-refractivity contribution < 1.29 is 35.5 Å². The van der Waals surface area contributed by atoms with Crippen LogP contribution >= 0.6 is 0 Å². The van der Waals surface area contributed by atoms with Crippen LogP contribution in [-0.2, 0) is 12.3 Å². The molecule has 0 saturated heterocycles. The van der Waals surface area contributed by atoms with Crippen molar-refractivity contribution in [1.82, 2.24) is 0 Å². The first-order chi connectivity index (χ1) is 17.0. The van der Waals surface area contributed by atoms with Gasteiger partial charge in [0.05, 0.1) is 5.56 Å². The van der Waals surface area contributed by atoms with Gasteiger partial charge in [-0.3, -0.25) is 0 Å². The van der Waals surface area contributed by atoms with E-state index in [1.54, 1.807) is 12.1 Å². The molecule has 0 heterocycles. The maximum absolute atomic E-state index is 14.5. The van der Waals surface area contributed by atoms with Crippen molar-refractivity contribution in [3.63, 3.8) is 0 Å². The largest absolute Gasteiger partial charge is 0.429 e. The summed E-state index contributed by atoms with van der Waals surface area (Å²) in [5, 5.41) is 0. The number of rotatable bonds is 6. The van der Waals surface area contributed by atoms with Gasteiger partial charge in [-0.1, -0.05) is 38.3 Å². The fourth-order valence-electron chi connectivity index (χ4n) is 6.02. The zero-order chi connectivity index (χ0) is 26.1. The van der Waals surface area contributed by atoms with Gasteiger partial charge >= 0.3 is 12.3 Å². The zero-order valence-electron chi connectivity index (χ0n) is 20.2. The Bertz CT molecular complexity index is 992. The number of alkyl halides is 5. The van der Waals surface area contributed by atoms with Gasteiger partial charge in [0.2, 0.25) is 0 Å². The quantitative estimate of drug-likeness (QED) is 0.347. The van der Waals surface area contributed by atoms with Gasteiger partial charge in [-0.2, -0.15) is 22.0 Å². The molecule has 0 atom stereocenters. The van der Waals surface area contributed by atoms with E-state index in [9.17, 15) is 30.7 Å². The lowest BCUT2D eigenvalue weighted by Crippen LogP contribution is -2.25. The van der Waals surface area contributed by atoms with Crippen molar-refractivity contribution in [3.05, 3.63) is 64.7 Å². The third kappa shape index (κ3) is 6.00. The third-order valence-corrected chi connectivity index (χ3v) is 8.17. The fourth-order valence-corrected chi connectivity index (χ4v) is 6.02. The first-order valence-corrected chi connectivity index (χ1v) is 12.7. The van der Waals surface area contributed by atoms with E-state index in [0.717, 1.165) is 49.0 Å². The first kappa shape index (κ1) is 26.8. The second-order valence-corrected chi connectivity index (χ2v) is 10.3. The van der Waals surface area contributed by atoms with Crippen molar-refractivity contribution in [3.8, 4) is 5.75 Å². The molecular formula is C28H31F7O. The molecule has 0 bridgehead atoms. The minimum atomic E-state index is -5.34. The second kappa shape index (κ2) is 10.6. The molecule has 2 fully saturated rings. The van der Waals surface area contributed by atoms with E-state index in [2.05, 4.69) is 11.7 Å². The average molecular weight is 517 g/mol. The number of ether oxygens (including phenoxy) is 1. The number of halogens is 7. The highest BCUT2D eigenvalue weighted by Gasteiger charge is 2.42. The molecule has 8 heteroatoms. The molecule has 0 amide bonds. The number of hydrogen-bond donors (Lipinski definition) is 0. The van der Waals surface area contributed by atoms with Gasteiger partial charge in [0.15, 0.2) is 0 Å². The van der Waals surface area contributed by atoms with Crippen molar-refractivity contribution in [2.24, 2.45) is 17.8 Å². The minimum absolute atomic E-state index is 0.0482. The lowest BCUT2D eigenvalue weighted by atomic mass is 9.68. The number of hydrogen-bond acceptors (Lipinski definition) is 1. The molecule has 1 nitrogen and oxygen atoms in total. The Balaban J connectivity index is 1.36. The number of benzene rings is 2. The summed E-state index contributed by atoms with van der Waals surface area (Å²) in [6, 6.07) is 6.03. The summed E-state index contributed by atoms with van der Waals surface area (Å²) in [5.41, 5.74) is -2.53. The van der Waals surface area contributed by atoms with Crippen LogP contribution in [0, 0.1) is 29.4 Å². The van der Waals surface area contributed by atoms with Gasteiger partial charge in [-0.05, 0) is 92.0 Å². The highest BCUT2D eigenvalue weighted by molar-refractivity contribution is 5.33. The molecule has 0 unspecified atom stereocenters. The van der Waals surface area contributed by atoms with E-state index in [-0.39, 0.29) is 17.9 Å². The van der Waals surface area contributed by atoms with E-state index in [4.69, 9.17) is 0 Å². The molecule has 0 radical (unpaired) electrons. The summed E-state index contributed by atoms with van der Waals surface area (Å²) in [6.07, 6.45) is 1.41. The van der Waals surface area contributed by atoms with Gasteiger partial charge < -0.3 is 4.74 Å². The molecule has 0 aromatic heterocycles. The van der Waals surface area contributed by atoms with Crippen LogP contribution in [0.5, 0.6) is 5.75 Å². The van der Waals surface area contributed by atoms with Crippen molar-refractivity contribution >= 4 is 0 Å². The molecule has 2 aromatic carbocycles. The predicted molar refractivity (Wildman–Crippen MR) is 123 cm³/mol. The predicted octanol–water partition coefficient (Wildman–Crippen LogP) is 9.60. The lowest BCUT2D eigenvalue weighted by molar-refractivity contribution is -0.186. The molecule has 2 aliphatic carbocycles. The molecule has 4 rings (SSSR count). The molecule has 0 aliphatic heterocycles. The van der Waals surface area contributed by atoms with Crippen molar-refractivity contribution in [2.45, 2.75) is 82.9 Å². The van der Waals surface area contributed by atoms with Crippen LogP contribution in [0.25, 0.3) is 0 Å². The van der Waals surface area contributed by atoms with Gasteiger partial charge in [0, 0.05) is 0 Å². The van der Waals surface area contributed by atoms with Crippen LogP contribution in [0.15, 0.2) is 36.4 Å². The Morgan fingerprint density at radius 2 is 1.25 bits per heavy atom. The van der Waals surface area contributed by atoms with E-state index in [1.165, 1.54) is 44.2 Å². The fraction of sp³-hybridized carbons (Fsp3) is 0.571. The summed E-state index contributed by atoms with van der Waals surface area (Å²) in [6.45, 7) is 2.27. The van der Waals surface area contributed by atoms with Crippen molar-refractivity contribution in [1.29, 1.82) is 0 Å². The van der Waals surface area contributed by atoms with E-state index < -0.39 is 35.0 Å². The minimum Gasteiger partial charge on any atom is -0.429 e. The summed E-state index contributed by atoms with van der Waals surface area (Å²) >= 11 is 0. The summed E-state index contributed by atoms with van der Waals surface area (Å²) in [4.78, 5) is 0. The maximum atomic E-state index is 14.5. The van der Waals surface area contributed by atoms with Gasteiger partial charge in [0.1, 0.15) is 22.9 Å². The van der Waals surface area contributed by atoms with Crippen LogP contribution in [0.4, 0.5) is 30.7 Å². The molecule has 0 spiro atoms. The molecule has 198 valence electrons. The smallest absolute Gasteiger partial charge is 0.426 e. The average Bonchev–Trinajstić information content (AvgIpc) is 2.83. The van der Waals surface area contributed by atoms with Crippen molar-refractivity contribution in [2.75, 3.05) is 0 Å². The lowest BCUT2D eigenvalue weighted by Gasteiger charge is -2.38. The summed E-state index contributed by atoms with van der Waals surface area (Å²) < 4.78 is 99.4. The standard InChI is InChI=1S/C28H31F7O/c1-2-17-3-5-18(6-4-17)19-7-9-20(10-8-19)21-11-13-23(14-12-21)36-28(34,35)22-15-24(29)26(25(30)16-22)27(31,32)33/h11-20H,2-10H2,1H3. The molecule has 36 heavy (non-hydrogen) atoms. The first-order valence-electron chi connectivity index (χ1n) is 12.7. The Morgan fingerprint density at radius 3 is 1.72 bits per heavy atom. The van der Waals surface area contributed by atoms with Crippen LogP contribution in [0.3, 0.4) is 0 Å². The van der Waals surface area contributed by atoms with Crippen LogP contribution < -0.4 is 4.74 Å². The highest BCUT2D eigenvalue weighted by atomic mass is 19.4. The second-order valence-electron chi connectivity index (χ2n) is 10.3. The SMILES string of the molecule is CCC1CCC(C2CCC(c3ccc(OC(F)(F)c4cc(F)c(C(F)(F)F)c(F)c4)cc3)CC2)CC1. The molecule has 0 N–H and O–H groups in total. The Morgan fingerprint density at radius 1 is 0.750 bits per heavy atom. The van der Waals surface area contributed by atoms with Gasteiger partial charge in [0.25, 0.3) is 0 Å². The molecular weight excluding hydrogens is 485 g/mol. The summed E-state index contributed by atoms with van der Waals surface area (Å²) in [7, 11) is 0. The third-order valence-electron chi connectivity index (χ3n) is 8.17. The van der Waals surface area contributed by atoms with Crippen LogP contribution in [0.2, 0.25) is 0 Å². The van der Waals surface area contributed by atoms with Crippen LogP contribution in [-0.4, -0.2) is 0 Å². The van der Waals surface area contributed by atoms with Crippen LogP contribution in [0.1, 0.15) is 87.3 Å². The monoisotopic (exact) mass is 516 g/mol. The zero-order valence-corrected chi connectivity index (χ0v) is 20.2. The maximum Gasteiger partial charge on any atom is 0.426 e. The Kier molecular flexibility index (Phi) is 7.91. The molecule has 2 aliphatic rings. The van der Waals surface area contributed by atoms with E-state index >= 15 is 0 Å². The van der Waals surface area contributed by atoms with E-state index in [0.29, 0.717) is 5.92 Å². The van der Waals surface area contributed by atoms with E-state index in [1.807, 2.05) is 0 Å². The summed E-state index contributed by atoms with van der Waals surface area (Å²) in [5.74, 6) is -1.71. The molecule has 2 aromatic rings. The topological polar surface area (TPSA) is 9.23 Å². The Labute approximate surface area is 207 Å².